The van der Waals surface area contributed by atoms with Gasteiger partial charge in [-0.25, -0.2) is 0 Å². The maximum Gasteiger partial charge on any atom is 0.272 e. The van der Waals surface area contributed by atoms with E-state index < -0.39 is 5.91 Å². The number of nitrogens with one attached hydrogen (secondary N) is 2. The lowest BCUT2D eigenvalue weighted by molar-refractivity contribution is -0.113. The smallest absolute Gasteiger partial charge is 0.272 e. The number of carbonyl (C=O) groups excluding carboxylic acids is 2. The summed E-state index contributed by atoms with van der Waals surface area (Å²) >= 11 is 5.91. The summed E-state index contributed by atoms with van der Waals surface area (Å²) in [5, 5.41) is 6.08. The van der Waals surface area contributed by atoms with Gasteiger partial charge in [-0.05, 0) is 60.2 Å². The molecule has 3 aromatic carbocycles. The van der Waals surface area contributed by atoms with Crippen molar-refractivity contribution in [2.75, 3.05) is 24.3 Å². The van der Waals surface area contributed by atoms with Gasteiger partial charge in [-0.1, -0.05) is 41.9 Å². The van der Waals surface area contributed by atoms with Gasteiger partial charge in [-0.3, -0.25) is 9.59 Å². The van der Waals surface area contributed by atoms with Crippen molar-refractivity contribution >= 4 is 40.9 Å². The Balaban J connectivity index is 1.87. The predicted molar refractivity (Wildman–Crippen MR) is 123 cm³/mol. The third kappa shape index (κ3) is 5.72. The number of anilines is 2. The monoisotopic (exact) mass is 419 g/mol. The number of amides is 2. The Morgan fingerprint density at radius 2 is 1.50 bits per heavy atom. The van der Waals surface area contributed by atoms with Gasteiger partial charge >= 0.3 is 0 Å². The van der Waals surface area contributed by atoms with Crippen LogP contribution >= 0.6 is 11.6 Å². The Labute approximate surface area is 181 Å². The molecule has 30 heavy (non-hydrogen) atoms. The van der Waals surface area contributed by atoms with Crippen LogP contribution in [0.3, 0.4) is 0 Å². The number of hydrogen-bond donors (Lipinski definition) is 2. The van der Waals surface area contributed by atoms with Crippen molar-refractivity contribution in [1.29, 1.82) is 0 Å². The summed E-state index contributed by atoms with van der Waals surface area (Å²) in [6.07, 6.45) is 1.64. The van der Waals surface area contributed by atoms with E-state index in [-0.39, 0.29) is 11.6 Å². The third-order valence-electron chi connectivity index (χ3n) is 4.35. The first-order chi connectivity index (χ1) is 14.4. The van der Waals surface area contributed by atoms with Gasteiger partial charge in [0.05, 0.1) is 0 Å². The van der Waals surface area contributed by atoms with E-state index in [2.05, 4.69) is 10.6 Å². The number of rotatable bonds is 6. The highest BCUT2D eigenvalue weighted by atomic mass is 35.5. The van der Waals surface area contributed by atoms with E-state index in [1.807, 2.05) is 49.3 Å². The minimum Gasteiger partial charge on any atom is -0.378 e. The summed E-state index contributed by atoms with van der Waals surface area (Å²) in [5.74, 6) is -0.795. The molecule has 5 nitrogen and oxygen atoms in total. The average molecular weight is 420 g/mol. The summed E-state index contributed by atoms with van der Waals surface area (Å²) in [7, 11) is 3.91. The van der Waals surface area contributed by atoms with Crippen LogP contribution in [-0.2, 0) is 4.79 Å². The topological polar surface area (TPSA) is 61.4 Å². The van der Waals surface area contributed by atoms with Crippen LogP contribution in [0.2, 0.25) is 5.02 Å². The average Bonchev–Trinajstić information content (AvgIpc) is 2.75. The Hall–Kier alpha value is -3.57. The molecule has 0 aliphatic heterocycles. The summed E-state index contributed by atoms with van der Waals surface area (Å²) in [5.41, 5.74) is 3.00. The molecule has 0 saturated heterocycles. The first-order valence-electron chi connectivity index (χ1n) is 9.35. The minimum absolute atomic E-state index is 0.136. The summed E-state index contributed by atoms with van der Waals surface area (Å²) in [6.45, 7) is 0. The molecule has 152 valence electrons. The van der Waals surface area contributed by atoms with Gasteiger partial charge in [0.25, 0.3) is 11.8 Å². The normalized spacial score (nSPS) is 11.0. The summed E-state index contributed by atoms with van der Waals surface area (Å²) in [4.78, 5) is 27.5. The quantitative estimate of drug-likeness (QED) is 0.563. The second-order valence-electron chi connectivity index (χ2n) is 6.83. The molecule has 3 rings (SSSR count). The largest absolute Gasteiger partial charge is 0.378 e. The molecule has 3 aromatic rings. The fourth-order valence-electron chi connectivity index (χ4n) is 2.71. The van der Waals surface area contributed by atoms with Gasteiger partial charge in [0, 0.05) is 36.1 Å². The molecule has 0 unspecified atom stereocenters. The van der Waals surface area contributed by atoms with Crippen LogP contribution in [0.5, 0.6) is 0 Å². The van der Waals surface area contributed by atoms with Gasteiger partial charge in [0.15, 0.2) is 0 Å². The van der Waals surface area contributed by atoms with Crippen LogP contribution in [0.4, 0.5) is 11.4 Å². The minimum atomic E-state index is -0.432. The number of nitrogens with zero attached hydrogens (tertiary/aromatic N) is 1. The van der Waals surface area contributed by atoms with E-state index in [1.54, 1.807) is 54.6 Å². The van der Waals surface area contributed by atoms with E-state index in [1.165, 1.54) is 0 Å². The molecule has 0 radical (unpaired) electrons. The second-order valence-corrected chi connectivity index (χ2v) is 7.26. The summed E-state index contributed by atoms with van der Waals surface area (Å²) < 4.78 is 0. The molecule has 6 heteroatoms. The second kappa shape index (κ2) is 9.76. The van der Waals surface area contributed by atoms with Crippen molar-refractivity contribution in [3.05, 3.63) is 101 Å². The zero-order valence-corrected chi connectivity index (χ0v) is 17.5. The lowest BCUT2D eigenvalue weighted by Crippen LogP contribution is -2.30. The molecular formula is C24H22ClN3O2. The van der Waals surface area contributed by atoms with E-state index in [4.69, 9.17) is 11.6 Å². The highest BCUT2D eigenvalue weighted by Gasteiger charge is 2.15. The van der Waals surface area contributed by atoms with E-state index in [0.717, 1.165) is 11.3 Å². The molecule has 0 aliphatic carbocycles. The van der Waals surface area contributed by atoms with Gasteiger partial charge in [-0.2, -0.15) is 0 Å². The Morgan fingerprint density at radius 1 is 0.867 bits per heavy atom. The SMILES string of the molecule is CN(C)c1ccc(C=C(NC(=O)c2ccccc2)C(=O)Nc2ccc(Cl)cc2)cc1. The maximum absolute atomic E-state index is 12.9. The van der Waals surface area contributed by atoms with E-state index >= 15 is 0 Å². The molecule has 2 amide bonds. The Bertz CT molecular complexity index is 1040. The van der Waals surface area contributed by atoms with Gasteiger partial charge in [-0.15, -0.1) is 0 Å². The van der Waals surface area contributed by atoms with Crippen LogP contribution in [0.1, 0.15) is 15.9 Å². The number of benzene rings is 3. The third-order valence-corrected chi connectivity index (χ3v) is 4.60. The number of hydrogen-bond acceptors (Lipinski definition) is 3. The van der Waals surface area contributed by atoms with E-state index in [0.29, 0.717) is 16.3 Å². The predicted octanol–water partition coefficient (Wildman–Crippen LogP) is 4.82. The highest BCUT2D eigenvalue weighted by molar-refractivity contribution is 6.30. The zero-order valence-electron chi connectivity index (χ0n) is 16.7. The molecule has 0 aliphatic rings. The molecule has 0 fully saturated rings. The van der Waals surface area contributed by atoms with Gasteiger partial charge < -0.3 is 15.5 Å². The first kappa shape index (κ1) is 21.1. The van der Waals surface area contributed by atoms with Crippen molar-refractivity contribution in [3.8, 4) is 0 Å². The van der Waals surface area contributed by atoms with Crippen molar-refractivity contribution < 1.29 is 9.59 Å². The molecule has 0 atom stereocenters. The molecule has 0 bridgehead atoms. The molecule has 0 aromatic heterocycles. The van der Waals surface area contributed by atoms with Crippen LogP contribution in [0.15, 0.2) is 84.6 Å². The van der Waals surface area contributed by atoms with Crippen molar-refractivity contribution in [2.45, 2.75) is 0 Å². The fraction of sp³-hybridized carbons (Fsp3) is 0.0833. The molecular weight excluding hydrogens is 398 g/mol. The van der Waals surface area contributed by atoms with E-state index in [9.17, 15) is 9.59 Å². The number of carbonyl (C=O) groups is 2. The maximum atomic E-state index is 12.9. The van der Waals surface area contributed by atoms with Crippen molar-refractivity contribution in [2.24, 2.45) is 0 Å². The molecule has 0 spiro atoms. The number of halogens is 1. The van der Waals surface area contributed by atoms with Crippen LogP contribution in [0, 0.1) is 0 Å². The first-order valence-corrected chi connectivity index (χ1v) is 9.72. The zero-order chi connectivity index (χ0) is 21.5. The lowest BCUT2D eigenvalue weighted by Gasteiger charge is -2.13. The molecule has 2 N–H and O–H groups in total. The fourth-order valence-corrected chi connectivity index (χ4v) is 2.84. The van der Waals surface area contributed by atoms with Crippen molar-refractivity contribution in [1.82, 2.24) is 5.32 Å². The van der Waals surface area contributed by atoms with Crippen molar-refractivity contribution in [3.63, 3.8) is 0 Å². The molecule has 0 heterocycles. The van der Waals surface area contributed by atoms with Crippen LogP contribution in [0.25, 0.3) is 6.08 Å². The Kier molecular flexibility index (Phi) is 6.88. The van der Waals surface area contributed by atoms with Gasteiger partial charge in [0.2, 0.25) is 0 Å². The molecule has 0 saturated carbocycles. The summed E-state index contributed by atoms with van der Waals surface area (Å²) in [6, 6.07) is 23.2. The van der Waals surface area contributed by atoms with Gasteiger partial charge in [0.1, 0.15) is 5.70 Å². The lowest BCUT2D eigenvalue weighted by atomic mass is 10.1. The standard InChI is InChI=1S/C24H22ClN3O2/c1-28(2)21-14-8-17(9-15-21)16-22(27-23(29)18-6-4-3-5-7-18)24(30)26-20-12-10-19(25)11-13-20/h3-16H,1-2H3,(H,26,30)(H,27,29). The van der Waals surface area contributed by atoms with Crippen LogP contribution < -0.4 is 15.5 Å². The Morgan fingerprint density at radius 3 is 2.10 bits per heavy atom. The highest BCUT2D eigenvalue weighted by Crippen LogP contribution is 2.17. The van der Waals surface area contributed by atoms with Crippen LogP contribution in [-0.4, -0.2) is 25.9 Å².